The number of hydrogen-bond donors (Lipinski definition) is 4. The number of anilines is 2. The fourth-order valence-corrected chi connectivity index (χ4v) is 3.98. The van der Waals surface area contributed by atoms with Gasteiger partial charge in [0.25, 0.3) is 11.8 Å². The Bertz CT molecular complexity index is 1630. The van der Waals surface area contributed by atoms with Gasteiger partial charge in [-0.1, -0.05) is 30.3 Å². The zero-order valence-corrected chi connectivity index (χ0v) is 19.0. The highest BCUT2D eigenvalue weighted by Gasteiger charge is 2.19. The number of nitrogens with zero attached hydrogens (tertiary/aromatic N) is 2. The highest BCUT2D eigenvalue weighted by Crippen LogP contribution is 2.25. The van der Waals surface area contributed by atoms with Crippen LogP contribution in [-0.4, -0.2) is 31.6 Å². The predicted molar refractivity (Wildman–Crippen MR) is 134 cm³/mol. The lowest BCUT2D eigenvalue weighted by Gasteiger charge is -2.12. The molecule has 0 aliphatic rings. The second-order valence-corrected chi connectivity index (χ2v) is 8.09. The van der Waals surface area contributed by atoms with E-state index in [0.29, 0.717) is 39.2 Å². The summed E-state index contributed by atoms with van der Waals surface area (Å²) in [5, 5.41) is 10.3. The molecule has 2 heterocycles. The van der Waals surface area contributed by atoms with Crippen molar-refractivity contribution in [1.82, 2.24) is 19.7 Å². The summed E-state index contributed by atoms with van der Waals surface area (Å²) in [6.07, 6.45) is 0. The van der Waals surface area contributed by atoms with Crippen LogP contribution in [0.4, 0.5) is 11.4 Å². The second-order valence-electron chi connectivity index (χ2n) is 8.09. The molecule has 2 aromatic heterocycles. The Morgan fingerprint density at radius 2 is 1.54 bits per heavy atom. The van der Waals surface area contributed by atoms with Gasteiger partial charge < -0.3 is 20.6 Å². The van der Waals surface area contributed by atoms with Gasteiger partial charge in [0, 0.05) is 5.56 Å². The van der Waals surface area contributed by atoms with Crippen LogP contribution >= 0.6 is 0 Å². The molecule has 0 fully saturated rings. The van der Waals surface area contributed by atoms with Crippen LogP contribution in [0.15, 0.2) is 77.6 Å². The number of amides is 2. The van der Waals surface area contributed by atoms with Crippen molar-refractivity contribution in [3.63, 3.8) is 0 Å². The largest absolute Gasteiger partial charge is 0.323 e. The normalized spacial score (nSPS) is 10.9. The third kappa shape index (κ3) is 4.22. The summed E-state index contributed by atoms with van der Waals surface area (Å²) in [6, 6.07) is 21.3. The number of carbonyl (C=O) groups is 2. The van der Waals surface area contributed by atoms with Gasteiger partial charge in [0.05, 0.1) is 45.0 Å². The van der Waals surface area contributed by atoms with E-state index >= 15 is 0 Å². The first-order valence-electron chi connectivity index (χ1n) is 11.0. The monoisotopic (exact) mass is 466 g/mol. The quantitative estimate of drug-likeness (QED) is 0.310. The first-order chi connectivity index (χ1) is 16.9. The molecule has 0 aliphatic heterocycles. The van der Waals surface area contributed by atoms with Gasteiger partial charge in [0.15, 0.2) is 0 Å². The van der Waals surface area contributed by atoms with Crippen LogP contribution in [0.5, 0.6) is 0 Å². The maximum absolute atomic E-state index is 13.2. The summed E-state index contributed by atoms with van der Waals surface area (Å²) in [7, 11) is 0. The Balaban J connectivity index is 1.40. The van der Waals surface area contributed by atoms with Gasteiger partial charge in [-0.25, -0.2) is 9.48 Å². The van der Waals surface area contributed by atoms with Crippen LogP contribution in [-0.2, 0) is 0 Å². The van der Waals surface area contributed by atoms with E-state index in [0.717, 1.165) is 11.4 Å². The van der Waals surface area contributed by atoms with Gasteiger partial charge in [-0.2, -0.15) is 5.10 Å². The molecule has 0 radical (unpaired) electrons. The van der Waals surface area contributed by atoms with E-state index in [1.54, 1.807) is 47.1 Å². The lowest BCUT2D eigenvalue weighted by Crippen LogP contribution is -2.18. The highest BCUT2D eigenvalue weighted by atomic mass is 16.2. The Hall–Kier alpha value is -4.92. The van der Waals surface area contributed by atoms with Crippen molar-refractivity contribution in [3.8, 4) is 5.69 Å². The van der Waals surface area contributed by atoms with E-state index in [9.17, 15) is 14.4 Å². The molecule has 3 aromatic carbocycles. The lowest BCUT2D eigenvalue weighted by molar-refractivity contribution is 0.102. The zero-order valence-electron chi connectivity index (χ0n) is 19.0. The van der Waals surface area contributed by atoms with Gasteiger partial charge in [0.1, 0.15) is 0 Å². The van der Waals surface area contributed by atoms with E-state index in [-0.39, 0.29) is 11.6 Å². The molecular formula is C26H22N6O3. The minimum atomic E-state index is -0.404. The van der Waals surface area contributed by atoms with Crippen LogP contribution < -0.4 is 16.3 Å². The van der Waals surface area contributed by atoms with E-state index < -0.39 is 5.91 Å². The number of carbonyl (C=O) groups excluding carboxylic acids is 2. The third-order valence-corrected chi connectivity index (χ3v) is 5.73. The molecule has 0 bridgehead atoms. The number of nitrogens with one attached hydrogen (secondary N) is 4. The van der Waals surface area contributed by atoms with Crippen LogP contribution in [0, 0.1) is 13.8 Å². The summed E-state index contributed by atoms with van der Waals surface area (Å²) < 4.78 is 1.78. The smallest absolute Gasteiger partial charge is 0.321 e. The topological polar surface area (TPSA) is 125 Å². The molecule has 0 atom stereocenters. The van der Waals surface area contributed by atoms with Crippen molar-refractivity contribution in [3.05, 3.63) is 106 Å². The highest BCUT2D eigenvalue weighted by molar-refractivity contribution is 6.13. The summed E-state index contributed by atoms with van der Waals surface area (Å²) in [5.74, 6) is -0.774. The van der Waals surface area contributed by atoms with Gasteiger partial charge >= 0.3 is 5.69 Å². The Morgan fingerprint density at radius 3 is 2.34 bits per heavy atom. The third-order valence-electron chi connectivity index (χ3n) is 5.73. The van der Waals surface area contributed by atoms with Crippen molar-refractivity contribution in [2.75, 3.05) is 10.6 Å². The second kappa shape index (κ2) is 8.79. The first kappa shape index (κ1) is 21.9. The predicted octanol–water partition coefficient (Wildman–Crippen LogP) is 4.16. The molecule has 0 saturated heterocycles. The first-order valence-corrected chi connectivity index (χ1v) is 11.0. The molecule has 5 aromatic rings. The Kier molecular flexibility index (Phi) is 5.50. The van der Waals surface area contributed by atoms with Crippen LogP contribution in [0.3, 0.4) is 0 Å². The molecule has 2 amide bonds. The molecule has 0 spiro atoms. The van der Waals surface area contributed by atoms with Crippen LogP contribution in [0.25, 0.3) is 16.7 Å². The number of imidazole rings is 1. The number of hydrogen-bond acceptors (Lipinski definition) is 4. The van der Waals surface area contributed by atoms with Crippen molar-refractivity contribution in [2.45, 2.75) is 13.8 Å². The van der Waals surface area contributed by atoms with Gasteiger partial charge in [-0.15, -0.1) is 0 Å². The average Bonchev–Trinajstić information content (AvgIpc) is 3.37. The van der Waals surface area contributed by atoms with Crippen LogP contribution in [0.1, 0.15) is 32.1 Å². The molecule has 0 aliphatic carbocycles. The molecule has 174 valence electrons. The Labute approximate surface area is 199 Å². The van der Waals surface area contributed by atoms with Gasteiger partial charge in [-0.05, 0) is 56.3 Å². The number of benzene rings is 3. The molecule has 5 rings (SSSR count). The summed E-state index contributed by atoms with van der Waals surface area (Å²) in [5.41, 5.74) is 4.77. The maximum Gasteiger partial charge on any atom is 0.323 e. The molecule has 4 N–H and O–H groups in total. The van der Waals surface area contributed by atoms with E-state index in [1.807, 2.05) is 44.2 Å². The minimum absolute atomic E-state index is 0.309. The number of aryl methyl sites for hydroxylation is 1. The van der Waals surface area contributed by atoms with E-state index in [1.165, 1.54) is 0 Å². The van der Waals surface area contributed by atoms with Crippen molar-refractivity contribution in [2.24, 2.45) is 0 Å². The van der Waals surface area contributed by atoms with Crippen molar-refractivity contribution in [1.29, 1.82) is 0 Å². The number of aromatic amines is 2. The number of fused-ring (bicyclic) bond motifs is 1. The van der Waals surface area contributed by atoms with Gasteiger partial charge in [0.2, 0.25) is 0 Å². The standard InChI is InChI=1S/C26H22N6O3/c1-15-23(16(2)32(31-15)18-8-4-3-5-9-18)30-25(34)19-10-6-7-11-20(19)27-24(33)17-12-13-21-22(14-17)29-26(35)28-21/h3-14H,1-2H3,(H,27,33)(H,30,34)(H2,28,29,35). The molecule has 9 heteroatoms. The summed E-state index contributed by atoms with van der Waals surface area (Å²) >= 11 is 0. The maximum atomic E-state index is 13.2. The molecule has 9 nitrogen and oxygen atoms in total. The number of para-hydroxylation sites is 2. The van der Waals surface area contributed by atoms with Crippen molar-refractivity contribution >= 4 is 34.2 Å². The lowest BCUT2D eigenvalue weighted by atomic mass is 10.1. The number of rotatable bonds is 5. The van der Waals surface area contributed by atoms with E-state index in [4.69, 9.17) is 0 Å². The van der Waals surface area contributed by atoms with Crippen molar-refractivity contribution < 1.29 is 9.59 Å². The van der Waals surface area contributed by atoms with E-state index in [2.05, 4.69) is 25.7 Å². The fraction of sp³-hybridized carbons (Fsp3) is 0.0769. The Morgan fingerprint density at radius 1 is 0.829 bits per heavy atom. The SMILES string of the molecule is Cc1nn(-c2ccccc2)c(C)c1NC(=O)c1ccccc1NC(=O)c1ccc2[nH]c(=O)[nH]c2c1. The molecule has 35 heavy (non-hydrogen) atoms. The molecule has 0 saturated carbocycles. The van der Waals surface area contributed by atoms with Crippen LogP contribution in [0.2, 0.25) is 0 Å². The minimum Gasteiger partial charge on any atom is -0.321 e. The zero-order chi connectivity index (χ0) is 24.5. The number of H-pyrrole nitrogens is 2. The number of aromatic nitrogens is 4. The summed E-state index contributed by atoms with van der Waals surface area (Å²) in [4.78, 5) is 42.9. The average molecular weight is 467 g/mol. The van der Waals surface area contributed by atoms with Gasteiger partial charge in [-0.3, -0.25) is 9.59 Å². The summed E-state index contributed by atoms with van der Waals surface area (Å²) in [6.45, 7) is 3.72. The fourth-order valence-electron chi connectivity index (χ4n) is 3.98. The molecule has 0 unspecified atom stereocenters. The molecular weight excluding hydrogens is 444 g/mol.